The summed E-state index contributed by atoms with van der Waals surface area (Å²) in [6.45, 7) is 1.77. The van der Waals surface area contributed by atoms with Crippen LogP contribution >= 0.6 is 0 Å². The molecule has 1 amide bonds. The van der Waals surface area contributed by atoms with Crippen molar-refractivity contribution in [3.63, 3.8) is 0 Å². The number of H-pyrrole nitrogens is 1. The Balaban J connectivity index is 1.72. The van der Waals surface area contributed by atoms with Gasteiger partial charge < -0.3 is 14.9 Å². The smallest absolute Gasteiger partial charge is 0.268 e. The van der Waals surface area contributed by atoms with E-state index in [1.807, 2.05) is 0 Å². The molecule has 0 fully saturated rings. The number of fused-ring (bicyclic) bond motifs is 1. The van der Waals surface area contributed by atoms with Crippen molar-refractivity contribution in [1.82, 2.24) is 19.9 Å². The van der Waals surface area contributed by atoms with Gasteiger partial charge >= 0.3 is 0 Å². The van der Waals surface area contributed by atoms with Gasteiger partial charge in [0, 0.05) is 42.7 Å². The monoisotopic (exact) mass is 380 g/mol. The third-order valence-electron chi connectivity index (χ3n) is 5.27. The van der Waals surface area contributed by atoms with Crippen LogP contribution in [0.1, 0.15) is 62.4 Å². The lowest BCUT2D eigenvalue weighted by atomic mass is 9.93. The molecule has 1 aliphatic carbocycles. The Hall–Kier alpha value is -3.22. The van der Waals surface area contributed by atoms with Gasteiger partial charge in [-0.2, -0.15) is 0 Å². The number of imidazole rings is 1. The first kappa shape index (κ1) is 18.2. The Kier molecular flexibility index (Phi) is 4.58. The van der Waals surface area contributed by atoms with Crippen LogP contribution in [0.3, 0.4) is 0 Å². The zero-order valence-corrected chi connectivity index (χ0v) is 15.8. The highest BCUT2D eigenvalue weighted by molar-refractivity contribution is 6.04. The fourth-order valence-electron chi connectivity index (χ4n) is 3.85. The topological polar surface area (TPSA) is 79.8 Å². The molecular formula is C21H21FN4O2. The number of aromatic amines is 1. The number of rotatable bonds is 4. The van der Waals surface area contributed by atoms with E-state index in [1.54, 1.807) is 49.1 Å². The molecule has 0 bridgehead atoms. The van der Waals surface area contributed by atoms with Crippen LogP contribution in [0.25, 0.3) is 0 Å². The number of amides is 1. The number of hydrogen-bond donors (Lipinski definition) is 2. The van der Waals surface area contributed by atoms with Crippen molar-refractivity contribution in [2.24, 2.45) is 7.05 Å². The Morgan fingerprint density at radius 3 is 2.79 bits per heavy atom. The first-order valence-corrected chi connectivity index (χ1v) is 9.24. The Labute approximate surface area is 161 Å². The molecule has 7 heteroatoms. The lowest BCUT2D eigenvalue weighted by Crippen LogP contribution is -2.32. The summed E-state index contributed by atoms with van der Waals surface area (Å²) >= 11 is 0. The van der Waals surface area contributed by atoms with Gasteiger partial charge in [-0.25, -0.2) is 9.37 Å². The molecule has 4 rings (SSSR count). The van der Waals surface area contributed by atoms with Crippen molar-refractivity contribution in [3.05, 3.63) is 76.4 Å². The van der Waals surface area contributed by atoms with E-state index in [2.05, 4.69) is 15.3 Å². The van der Waals surface area contributed by atoms with Crippen LogP contribution in [0.4, 0.5) is 4.39 Å². The average molecular weight is 380 g/mol. The molecule has 0 unspecified atom stereocenters. The number of carbonyl (C=O) groups excluding carboxylic acids is 2. The first-order valence-electron chi connectivity index (χ1n) is 9.24. The van der Waals surface area contributed by atoms with Crippen molar-refractivity contribution in [3.8, 4) is 0 Å². The van der Waals surface area contributed by atoms with E-state index < -0.39 is 17.8 Å². The maximum absolute atomic E-state index is 14.5. The van der Waals surface area contributed by atoms with Crippen LogP contribution < -0.4 is 5.32 Å². The second kappa shape index (κ2) is 7.07. The third-order valence-corrected chi connectivity index (χ3v) is 5.27. The summed E-state index contributed by atoms with van der Waals surface area (Å²) in [7, 11) is 1.79. The van der Waals surface area contributed by atoms with E-state index in [9.17, 15) is 14.0 Å². The van der Waals surface area contributed by atoms with Crippen molar-refractivity contribution >= 4 is 11.7 Å². The summed E-state index contributed by atoms with van der Waals surface area (Å²) in [5.41, 5.74) is 2.74. The molecule has 1 aliphatic rings. The zero-order chi connectivity index (χ0) is 19.8. The van der Waals surface area contributed by atoms with E-state index in [1.165, 1.54) is 6.07 Å². The molecule has 28 heavy (non-hydrogen) atoms. The fourth-order valence-corrected chi connectivity index (χ4v) is 3.85. The van der Waals surface area contributed by atoms with Gasteiger partial charge in [0.25, 0.3) is 5.91 Å². The number of aryl methyl sites for hydroxylation is 2. The lowest BCUT2D eigenvalue weighted by Gasteiger charge is -2.19. The molecule has 2 heterocycles. The average Bonchev–Trinajstić information content (AvgIpc) is 3.24. The number of nitrogens with one attached hydrogen (secondary N) is 2. The molecule has 3 aromatic rings. The van der Waals surface area contributed by atoms with Crippen LogP contribution in [0.5, 0.6) is 0 Å². The van der Waals surface area contributed by atoms with E-state index in [0.717, 1.165) is 18.5 Å². The minimum Gasteiger partial charge on any atom is -0.354 e. The van der Waals surface area contributed by atoms with E-state index in [0.29, 0.717) is 34.6 Å². The molecule has 0 saturated carbocycles. The SMILES string of the molecule is Cc1c(C(=O)N[C@@H](c2ccccc2F)c2nccn2C)[nH]c2c1C(=O)CCC2. The highest BCUT2D eigenvalue weighted by Gasteiger charge is 2.29. The summed E-state index contributed by atoms with van der Waals surface area (Å²) < 4.78 is 16.2. The number of nitrogens with zero attached hydrogens (tertiary/aromatic N) is 2. The number of halogens is 1. The van der Waals surface area contributed by atoms with Gasteiger partial charge in [-0.05, 0) is 31.4 Å². The minimum atomic E-state index is -0.760. The van der Waals surface area contributed by atoms with Gasteiger partial charge in [-0.15, -0.1) is 0 Å². The summed E-state index contributed by atoms with van der Waals surface area (Å²) in [4.78, 5) is 32.7. The molecule has 1 atom stereocenters. The van der Waals surface area contributed by atoms with Gasteiger partial charge in [0.1, 0.15) is 23.4 Å². The maximum Gasteiger partial charge on any atom is 0.268 e. The summed E-state index contributed by atoms with van der Waals surface area (Å²) in [6, 6.07) is 5.55. The number of hydrogen-bond acceptors (Lipinski definition) is 3. The molecule has 1 aromatic carbocycles. The Morgan fingerprint density at radius 1 is 1.32 bits per heavy atom. The van der Waals surface area contributed by atoms with Crippen molar-refractivity contribution in [2.75, 3.05) is 0 Å². The molecule has 0 spiro atoms. The molecule has 0 aliphatic heterocycles. The minimum absolute atomic E-state index is 0.0591. The van der Waals surface area contributed by atoms with Gasteiger partial charge in [0.2, 0.25) is 0 Å². The summed E-state index contributed by atoms with van der Waals surface area (Å²) in [6.07, 6.45) is 5.36. The molecule has 6 nitrogen and oxygen atoms in total. The second-order valence-electron chi connectivity index (χ2n) is 7.08. The van der Waals surface area contributed by atoms with Crippen LogP contribution in [-0.4, -0.2) is 26.2 Å². The van der Waals surface area contributed by atoms with Gasteiger partial charge in [0.15, 0.2) is 5.78 Å². The number of ketones is 1. The molecule has 144 valence electrons. The van der Waals surface area contributed by atoms with Crippen LogP contribution in [0.2, 0.25) is 0 Å². The highest BCUT2D eigenvalue weighted by Crippen LogP contribution is 2.28. The van der Waals surface area contributed by atoms with Crippen LogP contribution in [0, 0.1) is 12.7 Å². The summed E-state index contributed by atoms with van der Waals surface area (Å²) in [5, 5.41) is 2.89. The van der Waals surface area contributed by atoms with Gasteiger partial charge in [0.05, 0.1) is 0 Å². The standard InChI is InChI=1S/C21H21FN4O2/c1-12-17-15(8-5-9-16(17)27)24-18(12)21(28)25-19(20-23-10-11-26(20)2)13-6-3-4-7-14(13)22/h3-4,6-7,10-11,19,24H,5,8-9H2,1-2H3,(H,25,28)/t19-/m0/s1. The van der Waals surface area contributed by atoms with E-state index in [-0.39, 0.29) is 5.78 Å². The summed E-state index contributed by atoms with van der Waals surface area (Å²) in [5.74, 6) is -0.239. The Bertz CT molecular complexity index is 1070. The lowest BCUT2D eigenvalue weighted by molar-refractivity contribution is 0.0934. The van der Waals surface area contributed by atoms with Crippen LogP contribution in [-0.2, 0) is 13.5 Å². The van der Waals surface area contributed by atoms with Crippen molar-refractivity contribution in [1.29, 1.82) is 0 Å². The van der Waals surface area contributed by atoms with Gasteiger partial charge in [-0.3, -0.25) is 9.59 Å². The first-order chi connectivity index (χ1) is 13.5. The predicted molar refractivity (Wildman–Crippen MR) is 102 cm³/mol. The highest BCUT2D eigenvalue weighted by atomic mass is 19.1. The van der Waals surface area contributed by atoms with E-state index >= 15 is 0 Å². The maximum atomic E-state index is 14.5. The molecule has 0 saturated heterocycles. The molecular weight excluding hydrogens is 359 g/mol. The normalized spacial score (nSPS) is 14.6. The number of aromatic nitrogens is 3. The Morgan fingerprint density at radius 2 is 2.11 bits per heavy atom. The quantitative estimate of drug-likeness (QED) is 0.729. The van der Waals surface area contributed by atoms with Gasteiger partial charge in [-0.1, -0.05) is 18.2 Å². The number of carbonyl (C=O) groups is 2. The molecule has 0 radical (unpaired) electrons. The zero-order valence-electron chi connectivity index (χ0n) is 15.8. The number of benzene rings is 1. The van der Waals surface area contributed by atoms with Crippen molar-refractivity contribution in [2.45, 2.75) is 32.2 Å². The third kappa shape index (κ3) is 3.02. The largest absolute Gasteiger partial charge is 0.354 e. The van der Waals surface area contributed by atoms with E-state index in [4.69, 9.17) is 0 Å². The number of Topliss-reactive ketones (excluding diaryl/α,β-unsaturated/α-hetero) is 1. The fraction of sp³-hybridized carbons (Fsp3) is 0.286. The van der Waals surface area contributed by atoms with Crippen LogP contribution in [0.15, 0.2) is 36.7 Å². The predicted octanol–water partition coefficient (Wildman–Crippen LogP) is 3.23. The van der Waals surface area contributed by atoms with Crippen molar-refractivity contribution < 1.29 is 14.0 Å². The molecule has 2 aromatic heterocycles. The second-order valence-corrected chi connectivity index (χ2v) is 7.08. The molecule has 2 N–H and O–H groups in total.